The maximum Gasteiger partial charge on any atom is 0.146 e. The van der Waals surface area contributed by atoms with Crippen molar-refractivity contribution in [3.63, 3.8) is 0 Å². The Morgan fingerprint density at radius 2 is 1.80 bits per heavy atom. The molecule has 100 valence electrons. The predicted molar refractivity (Wildman–Crippen MR) is 79.3 cm³/mol. The summed E-state index contributed by atoms with van der Waals surface area (Å²) in [4.78, 5) is 0. The van der Waals surface area contributed by atoms with Crippen molar-refractivity contribution in [3.05, 3.63) is 58.1 Å². The van der Waals surface area contributed by atoms with Gasteiger partial charge in [-0.25, -0.2) is 0 Å². The molecule has 2 aromatic carbocycles. The first-order valence-corrected chi connectivity index (χ1v) is 7.13. The van der Waals surface area contributed by atoms with Crippen molar-refractivity contribution in [3.8, 4) is 17.6 Å². The zero-order valence-corrected chi connectivity index (χ0v) is 11.8. The first-order valence-electron chi connectivity index (χ1n) is 6.75. The van der Waals surface area contributed by atoms with Crippen LogP contribution in [0.25, 0.3) is 0 Å². The van der Waals surface area contributed by atoms with Gasteiger partial charge in [-0.1, -0.05) is 17.7 Å². The number of nitrogens with zero attached hydrogens (tertiary/aromatic N) is 1. The van der Waals surface area contributed by atoms with Crippen LogP contribution in [0.5, 0.6) is 11.5 Å². The second-order valence-electron chi connectivity index (χ2n) is 5.00. The van der Waals surface area contributed by atoms with Gasteiger partial charge in [0.2, 0.25) is 0 Å². The molecule has 0 atom stereocenters. The highest BCUT2D eigenvalue weighted by Crippen LogP contribution is 2.32. The first kappa shape index (κ1) is 13.0. The van der Waals surface area contributed by atoms with Crippen molar-refractivity contribution in [2.45, 2.75) is 25.7 Å². The molecular weight excluding hydrogens is 270 g/mol. The third kappa shape index (κ3) is 2.64. The Morgan fingerprint density at radius 3 is 2.55 bits per heavy atom. The molecule has 0 fully saturated rings. The van der Waals surface area contributed by atoms with Crippen LogP contribution in [-0.4, -0.2) is 0 Å². The van der Waals surface area contributed by atoms with Crippen LogP contribution in [0.15, 0.2) is 36.4 Å². The summed E-state index contributed by atoms with van der Waals surface area (Å²) in [6.45, 7) is 0. The lowest BCUT2D eigenvalue weighted by Gasteiger charge is -2.17. The predicted octanol–water partition coefficient (Wildman–Crippen LogP) is 4.88. The maximum atomic E-state index is 8.83. The van der Waals surface area contributed by atoms with Gasteiger partial charge in [0.15, 0.2) is 0 Å². The molecule has 1 aliphatic rings. The molecule has 0 radical (unpaired) electrons. The van der Waals surface area contributed by atoms with Crippen molar-refractivity contribution >= 4 is 11.6 Å². The number of benzene rings is 2. The average Bonchev–Trinajstić information content (AvgIpc) is 2.49. The zero-order chi connectivity index (χ0) is 13.9. The Labute approximate surface area is 123 Å². The zero-order valence-electron chi connectivity index (χ0n) is 11.0. The van der Waals surface area contributed by atoms with Crippen LogP contribution in [0.3, 0.4) is 0 Å². The van der Waals surface area contributed by atoms with E-state index in [9.17, 15) is 0 Å². The minimum absolute atomic E-state index is 0.460. The van der Waals surface area contributed by atoms with Crippen LogP contribution in [0.2, 0.25) is 5.02 Å². The summed E-state index contributed by atoms with van der Waals surface area (Å²) in [5.74, 6) is 1.39. The Hall–Kier alpha value is -1.98. The molecule has 0 aromatic heterocycles. The number of ether oxygens (including phenoxy) is 1. The summed E-state index contributed by atoms with van der Waals surface area (Å²) in [7, 11) is 0. The van der Waals surface area contributed by atoms with Crippen LogP contribution in [0, 0.1) is 11.3 Å². The van der Waals surface area contributed by atoms with E-state index in [1.165, 1.54) is 24.0 Å². The summed E-state index contributed by atoms with van der Waals surface area (Å²) < 4.78 is 5.83. The number of rotatable bonds is 2. The smallest absolute Gasteiger partial charge is 0.146 e. The number of hydrogen-bond acceptors (Lipinski definition) is 2. The lowest BCUT2D eigenvalue weighted by atomic mass is 9.92. The van der Waals surface area contributed by atoms with Crippen LogP contribution < -0.4 is 4.74 Å². The molecule has 0 spiro atoms. The van der Waals surface area contributed by atoms with Crippen molar-refractivity contribution in [1.29, 1.82) is 5.26 Å². The fraction of sp³-hybridized carbons (Fsp3) is 0.235. The molecule has 3 rings (SSSR count). The minimum Gasteiger partial charge on any atom is -0.456 e. The number of nitriles is 1. The number of fused-ring (bicyclic) bond motifs is 1. The quantitative estimate of drug-likeness (QED) is 0.787. The van der Waals surface area contributed by atoms with Gasteiger partial charge in [0.1, 0.15) is 11.5 Å². The normalized spacial score (nSPS) is 13.4. The molecule has 0 heterocycles. The van der Waals surface area contributed by atoms with Crippen molar-refractivity contribution in [1.82, 2.24) is 0 Å². The Morgan fingerprint density at radius 1 is 1.00 bits per heavy atom. The van der Waals surface area contributed by atoms with Crippen molar-refractivity contribution in [2.75, 3.05) is 0 Å². The molecule has 0 bridgehead atoms. The highest BCUT2D eigenvalue weighted by atomic mass is 35.5. The van der Waals surface area contributed by atoms with Crippen LogP contribution in [-0.2, 0) is 12.8 Å². The molecule has 0 saturated heterocycles. The standard InChI is InChI=1S/C17H14ClNO/c18-16-9-12(11-19)5-8-17(16)20-15-7-6-13-3-1-2-4-14(13)10-15/h5-10H,1-4H2. The second-order valence-corrected chi connectivity index (χ2v) is 5.40. The molecular formula is C17H14ClNO. The highest BCUT2D eigenvalue weighted by molar-refractivity contribution is 6.32. The van der Waals surface area contributed by atoms with Crippen LogP contribution in [0.1, 0.15) is 29.5 Å². The van der Waals surface area contributed by atoms with Gasteiger partial charge in [0, 0.05) is 0 Å². The Bertz CT molecular complexity index is 688. The molecule has 0 aliphatic heterocycles. The van der Waals surface area contributed by atoms with E-state index in [2.05, 4.69) is 18.2 Å². The van der Waals surface area contributed by atoms with E-state index in [0.717, 1.165) is 18.6 Å². The monoisotopic (exact) mass is 283 g/mol. The molecule has 0 unspecified atom stereocenters. The Balaban J connectivity index is 1.86. The number of hydrogen-bond donors (Lipinski definition) is 0. The van der Waals surface area contributed by atoms with Gasteiger partial charge in [0.05, 0.1) is 16.7 Å². The summed E-state index contributed by atoms with van der Waals surface area (Å²) in [5, 5.41) is 9.29. The molecule has 2 nitrogen and oxygen atoms in total. The number of aryl methyl sites for hydroxylation is 2. The van der Waals surface area contributed by atoms with Gasteiger partial charge < -0.3 is 4.74 Å². The third-order valence-corrected chi connectivity index (χ3v) is 3.90. The van der Waals surface area contributed by atoms with E-state index in [1.807, 2.05) is 6.07 Å². The molecule has 0 saturated carbocycles. The fourth-order valence-corrected chi connectivity index (χ4v) is 2.77. The van der Waals surface area contributed by atoms with Crippen LogP contribution in [0.4, 0.5) is 0 Å². The Kier molecular flexibility index (Phi) is 3.62. The molecule has 1 aliphatic carbocycles. The van der Waals surface area contributed by atoms with Gasteiger partial charge in [-0.05, 0) is 67.1 Å². The summed E-state index contributed by atoms with van der Waals surface area (Å²) in [6.07, 6.45) is 4.80. The SMILES string of the molecule is N#Cc1ccc(Oc2ccc3c(c2)CCCC3)c(Cl)c1. The van der Waals surface area contributed by atoms with Crippen molar-refractivity contribution in [2.24, 2.45) is 0 Å². The number of halogens is 1. The largest absolute Gasteiger partial charge is 0.456 e. The first-order chi connectivity index (χ1) is 9.76. The van der Waals surface area contributed by atoms with Gasteiger partial charge >= 0.3 is 0 Å². The van der Waals surface area contributed by atoms with Crippen molar-refractivity contribution < 1.29 is 4.74 Å². The van der Waals surface area contributed by atoms with Gasteiger partial charge in [-0.15, -0.1) is 0 Å². The van der Waals surface area contributed by atoms with E-state index in [1.54, 1.807) is 18.2 Å². The topological polar surface area (TPSA) is 33.0 Å². The van der Waals surface area contributed by atoms with Crippen LogP contribution >= 0.6 is 11.6 Å². The van der Waals surface area contributed by atoms with E-state index < -0.39 is 0 Å². The summed E-state index contributed by atoms with van der Waals surface area (Å²) in [6, 6.07) is 13.3. The van der Waals surface area contributed by atoms with E-state index >= 15 is 0 Å². The third-order valence-electron chi connectivity index (χ3n) is 3.61. The summed E-state index contributed by atoms with van der Waals surface area (Å²) >= 11 is 6.13. The van der Waals surface area contributed by atoms with Gasteiger partial charge in [0.25, 0.3) is 0 Å². The second kappa shape index (κ2) is 5.56. The van der Waals surface area contributed by atoms with E-state index in [4.69, 9.17) is 21.6 Å². The molecule has 0 N–H and O–H groups in total. The lowest BCUT2D eigenvalue weighted by molar-refractivity contribution is 0.481. The molecule has 2 aromatic rings. The lowest BCUT2D eigenvalue weighted by Crippen LogP contribution is -2.02. The average molecular weight is 284 g/mol. The summed E-state index contributed by atoms with van der Waals surface area (Å²) in [5.41, 5.74) is 3.33. The molecule has 3 heteroatoms. The van der Waals surface area contributed by atoms with E-state index in [-0.39, 0.29) is 0 Å². The van der Waals surface area contributed by atoms with Gasteiger partial charge in [-0.3, -0.25) is 0 Å². The molecule has 20 heavy (non-hydrogen) atoms. The van der Waals surface area contributed by atoms with Gasteiger partial charge in [-0.2, -0.15) is 5.26 Å². The van der Waals surface area contributed by atoms with E-state index in [0.29, 0.717) is 16.3 Å². The fourth-order valence-electron chi connectivity index (χ4n) is 2.55. The highest BCUT2D eigenvalue weighted by Gasteiger charge is 2.11. The maximum absolute atomic E-state index is 8.83. The molecule has 0 amide bonds. The minimum atomic E-state index is 0.460.